The van der Waals surface area contributed by atoms with E-state index in [4.69, 9.17) is 177 Å². The molecular formula is C36H25Cl14NO6S. The second kappa shape index (κ2) is 18.6. The third kappa shape index (κ3) is 10.4. The summed E-state index contributed by atoms with van der Waals surface area (Å²) in [5.74, 6) is -1.90. The van der Waals surface area contributed by atoms with Crippen LogP contribution in [-0.2, 0) is 9.59 Å². The summed E-state index contributed by atoms with van der Waals surface area (Å²) in [6.45, 7) is 5.58. The Morgan fingerprint density at radius 2 is 1.19 bits per heavy atom. The first kappa shape index (κ1) is 49.1. The van der Waals surface area contributed by atoms with Crippen molar-refractivity contribution in [3.8, 4) is 27.7 Å². The molecule has 22 heteroatoms. The monoisotopic (exact) mass is 1090 g/mol. The minimum absolute atomic E-state index is 0.0546. The van der Waals surface area contributed by atoms with Crippen LogP contribution in [0, 0.1) is 5.92 Å². The third-order valence-corrected chi connectivity index (χ3v) is 17.6. The number of ether oxygens (including phenoxy) is 3. The number of benzene rings is 3. The second-order valence-electron chi connectivity index (χ2n) is 13.0. The van der Waals surface area contributed by atoms with Gasteiger partial charge in [0, 0.05) is 39.2 Å². The van der Waals surface area contributed by atoms with E-state index in [0.717, 1.165) is 37.4 Å². The highest BCUT2D eigenvalue weighted by Gasteiger charge is 2.66. The number of esters is 2. The Hall–Kier alpha value is 0.0500. The maximum Gasteiger partial charge on any atom is 0.351 e. The lowest BCUT2D eigenvalue weighted by atomic mass is 9.97. The Balaban J connectivity index is 1.47. The summed E-state index contributed by atoms with van der Waals surface area (Å²) in [7, 11) is 0. The fourth-order valence-electron chi connectivity index (χ4n) is 5.57. The summed E-state index contributed by atoms with van der Waals surface area (Å²) in [5.41, 5.74) is 1.14. The van der Waals surface area contributed by atoms with E-state index in [2.05, 4.69) is 11.8 Å². The lowest BCUT2D eigenvalue weighted by molar-refractivity contribution is -0.136. The summed E-state index contributed by atoms with van der Waals surface area (Å²) in [5, 5.41) is 0.482. The third-order valence-electron chi connectivity index (χ3n) is 8.74. The summed E-state index contributed by atoms with van der Waals surface area (Å²) in [4.78, 5) is 43.3. The van der Waals surface area contributed by atoms with Crippen LogP contribution in [-0.4, -0.2) is 73.8 Å². The van der Waals surface area contributed by atoms with Crippen LogP contribution in [0.1, 0.15) is 29.3 Å². The number of halogens is 14. The molecule has 7 nitrogen and oxygen atoms in total. The number of ketones is 1. The van der Waals surface area contributed by atoms with Crippen LogP contribution >= 0.6 is 174 Å². The van der Waals surface area contributed by atoms with E-state index in [9.17, 15) is 14.4 Å². The van der Waals surface area contributed by atoms with E-state index in [1.165, 1.54) is 24.3 Å². The van der Waals surface area contributed by atoms with Gasteiger partial charge >= 0.3 is 11.9 Å². The maximum atomic E-state index is 14.4. The number of fused-ring (bicyclic) bond motifs is 1. The van der Waals surface area contributed by atoms with E-state index in [0.29, 0.717) is 44.4 Å². The second-order valence-corrected chi connectivity index (χ2v) is 23.9. The minimum atomic E-state index is -2.76. The average molecular weight is 1100 g/mol. The van der Waals surface area contributed by atoms with Gasteiger partial charge in [0.05, 0.1) is 0 Å². The first-order valence-corrected chi connectivity index (χ1v) is 22.6. The molecule has 5 rings (SSSR count). The molecule has 1 fully saturated rings. The van der Waals surface area contributed by atoms with Crippen molar-refractivity contribution in [2.75, 3.05) is 26.2 Å². The molecule has 0 aliphatic carbocycles. The van der Waals surface area contributed by atoms with Crippen molar-refractivity contribution < 1.29 is 28.6 Å². The Bertz CT molecular complexity index is 2170. The number of likely N-dealkylation sites (tertiary alicyclic amines) is 1. The van der Waals surface area contributed by atoms with Gasteiger partial charge in [0.1, 0.15) is 23.9 Å². The maximum absolute atomic E-state index is 14.4. The van der Waals surface area contributed by atoms with E-state index in [-0.39, 0.29) is 22.8 Å². The number of carbonyl (C=O) groups excluding carboxylic acids is 3. The SMILES string of the molecule is CC1CCN(CCOc2ccc(C(=O)c3c(-c4ccc(OC(=O)C(Cl)(Cl)C(Cl)(Cl)C(Cl)(Cl)Cl)cc4)sc4cc(OC(=O)C(Cl)(Cl)C(Cl)(Cl)C(Cl)(Cl)Cl)ccc34)cc2)C1. The molecule has 1 aromatic heterocycles. The van der Waals surface area contributed by atoms with Crippen LogP contribution in [0.4, 0.5) is 0 Å². The average Bonchev–Trinajstić information content (AvgIpc) is 3.73. The number of hydrogen-bond acceptors (Lipinski definition) is 8. The van der Waals surface area contributed by atoms with Crippen LogP contribution in [0.5, 0.6) is 17.2 Å². The molecule has 2 heterocycles. The molecule has 3 aromatic carbocycles. The predicted molar refractivity (Wildman–Crippen MR) is 242 cm³/mol. The highest BCUT2D eigenvalue weighted by Crippen LogP contribution is 2.58. The minimum Gasteiger partial charge on any atom is -0.492 e. The normalized spacial score (nSPS) is 16.1. The van der Waals surface area contributed by atoms with E-state index in [1.54, 1.807) is 42.5 Å². The molecule has 1 atom stereocenters. The van der Waals surface area contributed by atoms with Gasteiger partial charge in [-0.2, -0.15) is 0 Å². The van der Waals surface area contributed by atoms with Crippen LogP contribution in [0.15, 0.2) is 66.7 Å². The topological polar surface area (TPSA) is 82.1 Å². The Morgan fingerprint density at radius 3 is 1.69 bits per heavy atom. The zero-order valence-electron chi connectivity index (χ0n) is 29.1. The van der Waals surface area contributed by atoms with Gasteiger partial charge in [-0.15, -0.1) is 11.3 Å². The van der Waals surface area contributed by atoms with Gasteiger partial charge in [-0.25, -0.2) is 9.59 Å². The molecule has 1 unspecified atom stereocenters. The molecule has 0 bridgehead atoms. The number of rotatable bonds is 13. The van der Waals surface area contributed by atoms with Gasteiger partial charge in [0.25, 0.3) is 8.67 Å². The van der Waals surface area contributed by atoms with Crippen LogP contribution in [0.3, 0.4) is 0 Å². The van der Waals surface area contributed by atoms with E-state index < -0.39 is 36.9 Å². The number of nitrogens with zero attached hydrogens (tertiary/aromatic N) is 1. The molecule has 0 amide bonds. The number of thiophene rings is 1. The number of alkyl halides is 14. The quantitative estimate of drug-likeness (QED) is 0.0571. The largest absolute Gasteiger partial charge is 0.492 e. The van der Waals surface area contributed by atoms with Crippen molar-refractivity contribution in [1.82, 2.24) is 4.90 Å². The van der Waals surface area contributed by atoms with Gasteiger partial charge in [0.15, 0.2) is 5.78 Å². The highest BCUT2D eigenvalue weighted by atomic mass is 35.6. The van der Waals surface area contributed by atoms with Gasteiger partial charge < -0.3 is 14.2 Å². The lowest BCUT2D eigenvalue weighted by Gasteiger charge is -2.35. The van der Waals surface area contributed by atoms with Crippen LogP contribution < -0.4 is 14.2 Å². The summed E-state index contributed by atoms with van der Waals surface area (Å²) < 4.78 is 1.41. The Kier molecular flexibility index (Phi) is 15.8. The van der Waals surface area contributed by atoms with Crippen molar-refractivity contribution in [1.29, 1.82) is 0 Å². The Labute approximate surface area is 407 Å². The summed E-state index contributed by atoms with van der Waals surface area (Å²) in [6.07, 6.45) is 1.16. The summed E-state index contributed by atoms with van der Waals surface area (Å²) in [6, 6.07) is 17.1. The fraction of sp³-hybridized carbons (Fsp3) is 0.361. The fourth-order valence-corrected chi connectivity index (χ4v) is 9.26. The smallest absolute Gasteiger partial charge is 0.351 e. The Morgan fingerprint density at radius 1 is 0.690 bits per heavy atom. The molecule has 314 valence electrons. The van der Waals surface area contributed by atoms with Crippen molar-refractivity contribution in [2.45, 2.75) is 38.3 Å². The van der Waals surface area contributed by atoms with Crippen molar-refractivity contribution in [3.05, 3.63) is 77.9 Å². The molecule has 58 heavy (non-hydrogen) atoms. The van der Waals surface area contributed by atoms with Gasteiger partial charge in [0.2, 0.25) is 16.3 Å². The van der Waals surface area contributed by atoms with Crippen LogP contribution in [0.25, 0.3) is 20.5 Å². The molecular weight excluding hydrogens is 1070 g/mol. The zero-order chi connectivity index (χ0) is 43.2. The first-order chi connectivity index (χ1) is 26.7. The van der Waals surface area contributed by atoms with E-state index >= 15 is 0 Å². The van der Waals surface area contributed by atoms with Crippen molar-refractivity contribution in [2.24, 2.45) is 5.92 Å². The molecule has 0 radical (unpaired) electrons. The molecule has 1 aliphatic rings. The molecule has 0 spiro atoms. The van der Waals surface area contributed by atoms with Crippen LogP contribution in [0.2, 0.25) is 0 Å². The predicted octanol–water partition coefficient (Wildman–Crippen LogP) is 13.8. The molecule has 4 aromatic rings. The van der Waals surface area contributed by atoms with E-state index in [1.807, 2.05) is 0 Å². The van der Waals surface area contributed by atoms with Gasteiger partial charge in [-0.3, -0.25) is 9.69 Å². The summed E-state index contributed by atoms with van der Waals surface area (Å²) >= 11 is 85.0. The number of hydrogen-bond donors (Lipinski definition) is 0. The number of carbonyl (C=O) groups is 3. The van der Waals surface area contributed by atoms with Crippen molar-refractivity contribution in [3.63, 3.8) is 0 Å². The molecule has 0 saturated carbocycles. The lowest BCUT2D eigenvalue weighted by Crippen LogP contribution is -2.53. The molecule has 1 saturated heterocycles. The van der Waals surface area contributed by atoms with Crippen molar-refractivity contribution >= 4 is 202 Å². The van der Waals surface area contributed by atoms with Gasteiger partial charge in [-0.1, -0.05) is 169 Å². The highest BCUT2D eigenvalue weighted by molar-refractivity contribution is 7.22. The van der Waals surface area contributed by atoms with Gasteiger partial charge in [-0.05, 0) is 91.2 Å². The molecule has 0 N–H and O–H groups in total. The molecule has 1 aliphatic heterocycles. The standard InChI is InChI=1S/C36H25Cl14NO6S/c1-18-12-13-51(17-18)14-15-55-21-6-2-19(3-7-21)27(52)26-24-11-10-23(57-30(54)32(39,40)34(43,44)36(48,49)50)16-25(24)58-28(26)20-4-8-22(9-5-20)56-29(53)31(37,38)33(41,42)35(45,46)47/h2-11,16,18H,12-15,17H2,1H3. The first-order valence-electron chi connectivity index (χ1n) is 16.4. The zero-order valence-corrected chi connectivity index (χ0v) is 40.5.